The van der Waals surface area contributed by atoms with Crippen LogP contribution in [0.2, 0.25) is 0 Å². The molecule has 126 heavy (non-hydrogen) atoms. The third-order valence-corrected chi connectivity index (χ3v) is 25.5. The SMILES string of the molecule is CC(C)c1ccc(C2CCN(C)C(=O)C2)c(CN(C)C)n1.CC(C)c1ccc([C@@H]2CCN(C)C(=O)C2)c(CN(C)C)n1.CC(C)c1ccc([C@H]2CCN(C)C(=O)C2)c(CN(C)C)n1.COC1(CN(C)C)CCCN(c2ccc(C(C)C)nc2)C1.CO[C@@]1(CN(C)C)CCCN(c2ccc(C(C)C)nc2)C1.CO[C@]1(CN(C)C)CCCN(c2ccc(C(C)C)nc2)C1. The maximum absolute atomic E-state index is 12.0. The number of likely N-dealkylation sites (tertiary alicyclic amines) is 3. The second-order valence-corrected chi connectivity index (χ2v) is 40.2. The minimum Gasteiger partial charge on any atom is -0.375 e. The number of nitrogens with zero attached hydrogens (tertiary/aromatic N) is 18. The van der Waals surface area contributed by atoms with Gasteiger partial charge in [0.05, 0.1) is 69.5 Å². The summed E-state index contributed by atoms with van der Waals surface area (Å²) in [6.07, 6.45) is 17.8. The van der Waals surface area contributed by atoms with Crippen molar-refractivity contribution in [3.63, 3.8) is 0 Å². The number of methoxy groups -OCH3 is 3. The molecule has 702 valence electrons. The lowest BCUT2D eigenvalue weighted by Gasteiger charge is -2.44. The van der Waals surface area contributed by atoms with E-state index >= 15 is 0 Å². The first-order valence-corrected chi connectivity index (χ1v) is 46.9. The molecule has 6 saturated heterocycles. The average Bonchev–Trinajstić information content (AvgIpc) is 0.847. The number of piperidine rings is 6. The minimum absolute atomic E-state index is 0.0710. The van der Waals surface area contributed by atoms with E-state index in [2.05, 4.69) is 300 Å². The van der Waals surface area contributed by atoms with Crippen LogP contribution in [0.3, 0.4) is 0 Å². The van der Waals surface area contributed by atoms with E-state index in [9.17, 15) is 14.4 Å². The van der Waals surface area contributed by atoms with Crippen molar-refractivity contribution in [2.45, 2.75) is 250 Å². The molecule has 0 saturated carbocycles. The van der Waals surface area contributed by atoms with Crippen molar-refractivity contribution in [1.82, 2.24) is 74.0 Å². The van der Waals surface area contributed by atoms with Gasteiger partial charge in [-0.2, -0.15) is 0 Å². The number of hydrogen-bond acceptors (Lipinski definition) is 21. The van der Waals surface area contributed by atoms with Crippen LogP contribution in [0, 0.1) is 0 Å². The molecule has 0 aromatic carbocycles. The summed E-state index contributed by atoms with van der Waals surface area (Å²) in [6, 6.07) is 26.0. The molecule has 0 spiro atoms. The van der Waals surface area contributed by atoms with E-state index in [1.165, 1.54) is 33.8 Å². The molecule has 6 aromatic heterocycles. The summed E-state index contributed by atoms with van der Waals surface area (Å²) in [7, 11) is 36.2. The van der Waals surface area contributed by atoms with Crippen LogP contribution in [0.15, 0.2) is 91.4 Å². The third kappa shape index (κ3) is 31.9. The maximum atomic E-state index is 12.0. The number of rotatable bonds is 27. The first-order valence-electron chi connectivity index (χ1n) is 46.9. The van der Waals surface area contributed by atoms with Gasteiger partial charge in [-0.3, -0.25) is 44.3 Å². The molecule has 6 aromatic rings. The number of ether oxygens (including phenoxy) is 3. The quantitative estimate of drug-likeness (QED) is 0.0472. The summed E-state index contributed by atoms with van der Waals surface area (Å²) in [5.74, 6) is 4.41. The van der Waals surface area contributed by atoms with E-state index in [1.807, 2.05) is 75.8 Å². The minimum atomic E-state index is -0.0710. The average molecular weight is 1740 g/mol. The summed E-state index contributed by atoms with van der Waals surface area (Å²) >= 11 is 0. The molecule has 6 atom stereocenters. The fourth-order valence-electron chi connectivity index (χ4n) is 18.1. The van der Waals surface area contributed by atoms with Gasteiger partial charge in [-0.15, -0.1) is 0 Å². The standard InChI is InChI=1S/3C17H29N3O.3C17H27N3O/c3*1-14(2)16-8-7-15(11-18-16)20-10-6-9-17(13-20,21-5)12-19(3)4;3*1-12(2)15-7-6-14(16(18-15)11-19(3)4)13-8-9-20(5)17(21)10-13/h3*7-8,11,14H,6,9-10,12-13H2,1-5H3;3*6-7,12-13H,8-11H2,1-5H3/t2*17-;;2*13-;/m10.10./s1. The van der Waals surface area contributed by atoms with Gasteiger partial charge >= 0.3 is 0 Å². The Morgan fingerprint density at radius 3 is 0.746 bits per heavy atom. The monoisotopic (exact) mass is 1740 g/mol. The lowest BCUT2D eigenvalue weighted by Crippen LogP contribution is -2.54. The predicted molar refractivity (Wildman–Crippen MR) is 520 cm³/mol. The van der Waals surface area contributed by atoms with E-state index in [4.69, 9.17) is 29.2 Å². The van der Waals surface area contributed by atoms with Gasteiger partial charge in [0.2, 0.25) is 17.7 Å². The van der Waals surface area contributed by atoms with E-state index in [1.54, 1.807) is 0 Å². The van der Waals surface area contributed by atoms with E-state index in [0.717, 1.165) is 207 Å². The number of carbonyl (C=O) groups is 3. The molecule has 24 heteroatoms. The summed E-state index contributed by atoms with van der Waals surface area (Å²) in [6.45, 7) is 40.0. The van der Waals surface area contributed by atoms with Crippen LogP contribution in [0.1, 0.15) is 281 Å². The Bertz CT molecular complexity index is 3830. The number of aromatic nitrogens is 6. The Kier molecular flexibility index (Phi) is 41.8. The molecule has 24 nitrogen and oxygen atoms in total. The topological polar surface area (TPSA) is 195 Å². The van der Waals surface area contributed by atoms with Crippen LogP contribution in [-0.4, -0.2) is 314 Å². The zero-order chi connectivity index (χ0) is 93.1. The summed E-state index contributed by atoms with van der Waals surface area (Å²) < 4.78 is 17.7. The van der Waals surface area contributed by atoms with Crippen LogP contribution in [0.4, 0.5) is 17.1 Å². The number of likely N-dealkylation sites (N-methyl/N-ethyl adjacent to an activating group) is 3. The zero-order valence-corrected chi connectivity index (χ0v) is 83.9. The van der Waals surface area contributed by atoms with Crippen molar-refractivity contribution >= 4 is 34.8 Å². The van der Waals surface area contributed by atoms with Crippen LogP contribution in [0.25, 0.3) is 0 Å². The Hall–Kier alpha value is -7.65. The van der Waals surface area contributed by atoms with E-state index in [-0.39, 0.29) is 34.5 Å². The smallest absolute Gasteiger partial charge is 0.222 e. The highest BCUT2D eigenvalue weighted by Gasteiger charge is 2.40. The molecular weight excluding hydrogens is 1570 g/mol. The molecule has 6 fully saturated rings. The molecule has 12 heterocycles. The van der Waals surface area contributed by atoms with Gasteiger partial charge in [-0.1, -0.05) is 101 Å². The Labute approximate surface area is 762 Å². The predicted octanol–water partition coefficient (Wildman–Crippen LogP) is 16.1. The van der Waals surface area contributed by atoms with E-state index in [0.29, 0.717) is 72.5 Å². The number of carbonyl (C=O) groups excluding carboxylic acids is 3. The highest BCUT2D eigenvalue weighted by atomic mass is 16.5. The van der Waals surface area contributed by atoms with Crippen LogP contribution in [-0.2, 0) is 48.2 Å². The number of hydrogen-bond donors (Lipinski definition) is 0. The normalized spacial score (nSPS) is 21.4. The van der Waals surface area contributed by atoms with Crippen molar-refractivity contribution < 1.29 is 28.6 Å². The Morgan fingerprint density at radius 2 is 0.563 bits per heavy atom. The van der Waals surface area contributed by atoms with Gasteiger partial charge in [0.1, 0.15) is 0 Å². The first kappa shape index (κ1) is 105. The van der Waals surface area contributed by atoms with Gasteiger partial charge in [0, 0.05) is 194 Å². The first-order chi connectivity index (χ1) is 59.5. The second kappa shape index (κ2) is 49.9. The fraction of sp³-hybridized carbons (Fsp3) is 0.676. The summed E-state index contributed by atoms with van der Waals surface area (Å²) in [5, 5.41) is 0. The largest absolute Gasteiger partial charge is 0.375 e. The van der Waals surface area contributed by atoms with Crippen LogP contribution >= 0.6 is 0 Å². The molecule has 2 unspecified atom stereocenters. The van der Waals surface area contributed by atoms with Gasteiger partial charge in [-0.25, -0.2) is 0 Å². The Morgan fingerprint density at radius 1 is 0.333 bits per heavy atom. The molecule has 0 aliphatic carbocycles. The molecular formula is C102H168N18O6. The molecule has 0 radical (unpaired) electrons. The van der Waals surface area contributed by atoms with Crippen molar-refractivity contribution in [3.05, 3.63) is 159 Å². The molecule has 0 bridgehead atoms. The number of anilines is 3. The Balaban J connectivity index is 0.000000207. The highest BCUT2D eigenvalue weighted by molar-refractivity contribution is 5.79. The van der Waals surface area contributed by atoms with Gasteiger partial charge < -0.3 is 73.0 Å². The van der Waals surface area contributed by atoms with Crippen molar-refractivity contribution in [2.24, 2.45) is 0 Å². The maximum Gasteiger partial charge on any atom is 0.222 e. The molecule has 6 aliphatic heterocycles. The van der Waals surface area contributed by atoms with Crippen molar-refractivity contribution in [3.8, 4) is 0 Å². The molecule has 12 rings (SSSR count). The molecule has 6 aliphatic rings. The van der Waals surface area contributed by atoms with E-state index < -0.39 is 0 Å². The second-order valence-electron chi connectivity index (χ2n) is 40.2. The number of pyridine rings is 6. The molecule has 3 amide bonds. The lowest BCUT2D eigenvalue weighted by molar-refractivity contribution is -0.133. The van der Waals surface area contributed by atoms with Crippen LogP contribution < -0.4 is 14.7 Å². The fourth-order valence-corrected chi connectivity index (χ4v) is 18.1. The summed E-state index contributed by atoms with van der Waals surface area (Å²) in [4.78, 5) is 90.1. The van der Waals surface area contributed by atoms with Gasteiger partial charge in [0.25, 0.3) is 0 Å². The van der Waals surface area contributed by atoms with Crippen molar-refractivity contribution in [1.29, 1.82) is 0 Å². The highest BCUT2D eigenvalue weighted by Crippen LogP contribution is 2.38. The lowest BCUT2D eigenvalue weighted by atomic mass is 9.87. The van der Waals surface area contributed by atoms with Gasteiger partial charge in [-0.05, 0) is 267 Å². The van der Waals surface area contributed by atoms with Crippen molar-refractivity contribution in [2.75, 3.05) is 220 Å². The summed E-state index contributed by atoms with van der Waals surface area (Å²) in [5.41, 5.74) is 17.5. The third-order valence-electron chi connectivity index (χ3n) is 25.5. The van der Waals surface area contributed by atoms with Crippen LogP contribution in [0.5, 0.6) is 0 Å². The molecule has 0 N–H and O–H groups in total. The number of amides is 3. The van der Waals surface area contributed by atoms with Gasteiger partial charge in [0.15, 0.2) is 0 Å². The zero-order valence-electron chi connectivity index (χ0n) is 83.9.